The van der Waals surface area contributed by atoms with Crippen LogP contribution in [0.15, 0.2) is 11.6 Å². The van der Waals surface area contributed by atoms with Crippen molar-refractivity contribution in [1.82, 2.24) is 0 Å². The third-order valence-electron chi connectivity index (χ3n) is 6.62. The molecule has 1 heteroatoms. The number of hydrogen-bond acceptors (Lipinski definition) is 1. The number of fused-ring (bicyclic) bond motifs is 5. The normalized spacial score (nSPS) is 51.1. The lowest BCUT2D eigenvalue weighted by Gasteiger charge is -2.50. The summed E-state index contributed by atoms with van der Waals surface area (Å²) >= 11 is 0. The highest BCUT2D eigenvalue weighted by molar-refractivity contribution is 5.21. The summed E-state index contributed by atoms with van der Waals surface area (Å²) in [4.78, 5) is 0. The Morgan fingerprint density at radius 3 is 2.72 bits per heavy atom. The van der Waals surface area contributed by atoms with Gasteiger partial charge < -0.3 is 5.11 Å². The third-order valence-corrected chi connectivity index (χ3v) is 6.62. The van der Waals surface area contributed by atoms with E-state index in [0.717, 1.165) is 30.1 Å². The molecule has 0 spiro atoms. The van der Waals surface area contributed by atoms with Crippen LogP contribution >= 0.6 is 0 Å². The van der Waals surface area contributed by atoms with E-state index in [1.54, 1.807) is 5.57 Å². The largest absolute Gasteiger partial charge is 0.392 e. The van der Waals surface area contributed by atoms with Gasteiger partial charge >= 0.3 is 0 Å². The maximum Gasteiger partial charge on any atom is 0.0611 e. The average Bonchev–Trinajstić information content (AvgIpc) is 2.80. The molecular weight excluding hydrogens is 220 g/mol. The van der Waals surface area contributed by atoms with Gasteiger partial charge in [0.05, 0.1) is 6.10 Å². The van der Waals surface area contributed by atoms with E-state index >= 15 is 0 Å². The van der Waals surface area contributed by atoms with Gasteiger partial charge in [0.1, 0.15) is 0 Å². The lowest BCUT2D eigenvalue weighted by atomic mass is 9.55. The van der Waals surface area contributed by atoms with E-state index in [0.29, 0.717) is 5.92 Å². The predicted molar refractivity (Wildman–Crippen MR) is 73.1 cm³/mol. The molecule has 1 N–H and O–H groups in total. The van der Waals surface area contributed by atoms with Gasteiger partial charge in [-0.3, -0.25) is 0 Å². The van der Waals surface area contributed by atoms with Gasteiger partial charge in [0.2, 0.25) is 0 Å². The monoisotopic (exact) mass is 246 g/mol. The number of hydrogen-bond donors (Lipinski definition) is 1. The van der Waals surface area contributed by atoms with Crippen LogP contribution in [0.3, 0.4) is 0 Å². The molecule has 0 aromatic heterocycles. The fraction of sp³-hybridized carbons (Fsp3) is 0.882. The number of aliphatic hydroxyl groups is 1. The molecular formula is C17H26O. The quantitative estimate of drug-likeness (QED) is 0.642. The first-order valence-electron chi connectivity index (χ1n) is 8.21. The van der Waals surface area contributed by atoms with Crippen LogP contribution < -0.4 is 0 Å². The minimum Gasteiger partial charge on any atom is -0.392 e. The third kappa shape index (κ3) is 1.62. The summed E-state index contributed by atoms with van der Waals surface area (Å²) in [5.41, 5.74) is 1.62. The van der Waals surface area contributed by atoms with Crippen LogP contribution in [0.4, 0.5) is 0 Å². The average molecular weight is 246 g/mol. The maximum absolute atomic E-state index is 10.3. The van der Waals surface area contributed by atoms with E-state index in [2.05, 4.69) is 6.08 Å². The zero-order valence-corrected chi connectivity index (χ0v) is 11.4. The molecule has 4 aliphatic carbocycles. The molecule has 0 radical (unpaired) electrons. The fourth-order valence-electron chi connectivity index (χ4n) is 5.89. The highest BCUT2D eigenvalue weighted by Gasteiger charge is 2.48. The molecule has 4 aliphatic rings. The summed E-state index contributed by atoms with van der Waals surface area (Å²) < 4.78 is 0. The molecule has 0 saturated heterocycles. The predicted octanol–water partition coefficient (Wildman–Crippen LogP) is 3.92. The van der Waals surface area contributed by atoms with Crippen molar-refractivity contribution in [3.63, 3.8) is 0 Å². The molecule has 3 saturated carbocycles. The van der Waals surface area contributed by atoms with Crippen LogP contribution in [0.2, 0.25) is 0 Å². The van der Waals surface area contributed by atoms with Crippen LogP contribution in [0.25, 0.3) is 0 Å². The second-order valence-corrected chi connectivity index (χ2v) is 7.26. The molecule has 0 aliphatic heterocycles. The van der Waals surface area contributed by atoms with Crippen molar-refractivity contribution < 1.29 is 5.11 Å². The lowest BCUT2D eigenvalue weighted by Crippen LogP contribution is -2.43. The van der Waals surface area contributed by atoms with Crippen molar-refractivity contribution in [2.75, 3.05) is 0 Å². The van der Waals surface area contributed by atoms with Gasteiger partial charge in [0.25, 0.3) is 0 Å². The van der Waals surface area contributed by atoms with Crippen molar-refractivity contribution in [3.05, 3.63) is 11.6 Å². The first-order chi connectivity index (χ1) is 8.84. The Morgan fingerprint density at radius 2 is 1.78 bits per heavy atom. The summed E-state index contributed by atoms with van der Waals surface area (Å²) in [6.07, 6.45) is 14.9. The van der Waals surface area contributed by atoms with Gasteiger partial charge in [-0.1, -0.05) is 30.9 Å². The van der Waals surface area contributed by atoms with Crippen LogP contribution in [-0.2, 0) is 0 Å². The fourth-order valence-corrected chi connectivity index (χ4v) is 5.89. The van der Waals surface area contributed by atoms with Gasteiger partial charge in [-0.05, 0) is 62.2 Å². The summed E-state index contributed by atoms with van der Waals surface area (Å²) in [7, 11) is 0. The molecule has 6 atom stereocenters. The minimum atomic E-state index is -0.0100. The Morgan fingerprint density at radius 1 is 0.889 bits per heavy atom. The zero-order valence-electron chi connectivity index (χ0n) is 11.4. The van der Waals surface area contributed by atoms with Crippen LogP contribution in [-0.4, -0.2) is 11.2 Å². The smallest absolute Gasteiger partial charge is 0.0611 e. The molecule has 3 fully saturated rings. The van der Waals surface area contributed by atoms with E-state index in [1.165, 1.54) is 51.4 Å². The van der Waals surface area contributed by atoms with Crippen molar-refractivity contribution in [1.29, 1.82) is 0 Å². The van der Waals surface area contributed by atoms with Gasteiger partial charge in [0, 0.05) is 5.92 Å². The molecule has 6 unspecified atom stereocenters. The van der Waals surface area contributed by atoms with E-state index in [1.807, 2.05) is 0 Å². The van der Waals surface area contributed by atoms with E-state index < -0.39 is 0 Å². The molecule has 0 heterocycles. The van der Waals surface area contributed by atoms with Gasteiger partial charge in [-0.25, -0.2) is 0 Å². The first kappa shape index (κ1) is 11.5. The SMILES string of the molecule is OC1CCC2=CCC3C4CCCCC4CCC3C21. The van der Waals surface area contributed by atoms with Crippen molar-refractivity contribution in [2.24, 2.45) is 29.6 Å². The first-order valence-corrected chi connectivity index (χ1v) is 8.21. The van der Waals surface area contributed by atoms with Gasteiger partial charge in [-0.2, -0.15) is 0 Å². The summed E-state index contributed by atoms with van der Waals surface area (Å²) in [5.74, 6) is 4.36. The molecule has 0 aromatic rings. The van der Waals surface area contributed by atoms with E-state index in [9.17, 15) is 5.11 Å². The van der Waals surface area contributed by atoms with Crippen molar-refractivity contribution in [2.45, 2.75) is 63.9 Å². The Bertz CT molecular complexity index is 359. The standard InChI is InChI=1S/C17H26O/c18-16-10-7-12-6-8-14-13-4-2-1-3-11(13)5-9-15(14)17(12)16/h6,11,13-18H,1-5,7-10H2. The van der Waals surface area contributed by atoms with Gasteiger partial charge in [0.15, 0.2) is 0 Å². The van der Waals surface area contributed by atoms with Crippen molar-refractivity contribution >= 4 is 0 Å². The van der Waals surface area contributed by atoms with Crippen LogP contribution in [0.1, 0.15) is 57.8 Å². The summed E-state index contributed by atoms with van der Waals surface area (Å²) in [6, 6.07) is 0. The van der Waals surface area contributed by atoms with Gasteiger partial charge in [-0.15, -0.1) is 0 Å². The number of rotatable bonds is 0. The molecule has 4 rings (SSSR count). The summed E-state index contributed by atoms with van der Waals surface area (Å²) in [5, 5.41) is 10.3. The second-order valence-electron chi connectivity index (χ2n) is 7.26. The van der Waals surface area contributed by atoms with Crippen molar-refractivity contribution in [3.8, 4) is 0 Å². The second kappa shape index (κ2) is 4.37. The Labute approximate surface area is 111 Å². The topological polar surface area (TPSA) is 20.2 Å². The summed E-state index contributed by atoms with van der Waals surface area (Å²) in [6.45, 7) is 0. The van der Waals surface area contributed by atoms with E-state index in [-0.39, 0.29) is 6.10 Å². The number of aliphatic hydroxyl groups excluding tert-OH is 1. The van der Waals surface area contributed by atoms with Crippen LogP contribution in [0.5, 0.6) is 0 Å². The zero-order chi connectivity index (χ0) is 12.1. The molecule has 0 amide bonds. The molecule has 18 heavy (non-hydrogen) atoms. The number of allylic oxidation sites excluding steroid dienone is 1. The molecule has 0 aromatic carbocycles. The maximum atomic E-state index is 10.3. The van der Waals surface area contributed by atoms with E-state index in [4.69, 9.17) is 0 Å². The highest BCUT2D eigenvalue weighted by Crippen LogP contribution is 2.55. The highest BCUT2D eigenvalue weighted by atomic mass is 16.3. The molecule has 1 nitrogen and oxygen atoms in total. The lowest BCUT2D eigenvalue weighted by molar-refractivity contribution is -0.00235. The Balaban J connectivity index is 1.62. The minimum absolute atomic E-state index is 0.0100. The Kier molecular flexibility index (Phi) is 2.80. The molecule has 100 valence electrons. The molecule has 0 bridgehead atoms. The Hall–Kier alpha value is -0.300. The van der Waals surface area contributed by atoms with Crippen LogP contribution in [0, 0.1) is 29.6 Å².